The largest absolute Gasteiger partial charge is 0.330 e. The van der Waals surface area contributed by atoms with Gasteiger partial charge in [-0.3, -0.25) is 0 Å². The average molecular weight is 191 g/mol. The second-order valence-electron chi connectivity index (χ2n) is 3.80. The van der Waals surface area contributed by atoms with E-state index >= 15 is 0 Å². The third-order valence-corrected chi connectivity index (χ3v) is 2.84. The topological polar surface area (TPSA) is 26.0 Å². The van der Waals surface area contributed by atoms with Crippen LogP contribution in [0.1, 0.15) is 43.7 Å². The monoisotopic (exact) mass is 191 g/mol. The fourth-order valence-electron chi connectivity index (χ4n) is 1.93. The summed E-state index contributed by atoms with van der Waals surface area (Å²) in [7, 11) is 0. The summed E-state index contributed by atoms with van der Waals surface area (Å²) < 4.78 is 0. The van der Waals surface area contributed by atoms with Gasteiger partial charge in [0.05, 0.1) is 0 Å². The molecular weight excluding hydrogens is 170 g/mol. The Morgan fingerprint density at radius 2 is 1.93 bits per heavy atom. The molecule has 1 aromatic carbocycles. The molecule has 2 N–H and O–H groups in total. The Morgan fingerprint density at radius 3 is 2.50 bits per heavy atom. The smallest absolute Gasteiger partial charge is 0.00367 e. The average Bonchev–Trinajstić information content (AvgIpc) is 2.21. The number of hydrogen-bond donors (Lipinski definition) is 1. The van der Waals surface area contributed by atoms with Crippen LogP contribution in [0, 0.1) is 0 Å². The highest BCUT2D eigenvalue weighted by molar-refractivity contribution is 5.26. The molecule has 0 aliphatic rings. The molecule has 0 aliphatic carbocycles. The quantitative estimate of drug-likeness (QED) is 0.760. The molecule has 0 aliphatic heterocycles. The van der Waals surface area contributed by atoms with Gasteiger partial charge < -0.3 is 5.73 Å². The lowest BCUT2D eigenvalue weighted by Gasteiger charge is -2.13. The summed E-state index contributed by atoms with van der Waals surface area (Å²) in [6.45, 7) is 5.25. The molecule has 14 heavy (non-hydrogen) atoms. The van der Waals surface area contributed by atoms with E-state index in [2.05, 4.69) is 38.1 Å². The van der Waals surface area contributed by atoms with E-state index in [1.807, 2.05) is 0 Å². The highest BCUT2D eigenvalue weighted by Gasteiger charge is 2.06. The molecular formula is C13H21N. The van der Waals surface area contributed by atoms with Gasteiger partial charge in [0, 0.05) is 0 Å². The van der Waals surface area contributed by atoms with Crippen LogP contribution < -0.4 is 5.73 Å². The second-order valence-corrected chi connectivity index (χ2v) is 3.80. The summed E-state index contributed by atoms with van der Waals surface area (Å²) in [6, 6.07) is 8.86. The van der Waals surface area contributed by atoms with Gasteiger partial charge in [0.2, 0.25) is 0 Å². The fourth-order valence-corrected chi connectivity index (χ4v) is 1.93. The molecule has 0 fully saturated rings. The van der Waals surface area contributed by atoms with Crippen molar-refractivity contribution in [2.45, 2.75) is 39.0 Å². The predicted octanol–water partition coefficient (Wildman–Crippen LogP) is 3.09. The van der Waals surface area contributed by atoms with E-state index in [4.69, 9.17) is 5.73 Å². The lowest BCUT2D eigenvalue weighted by atomic mass is 9.92. The van der Waals surface area contributed by atoms with Crippen molar-refractivity contribution in [2.24, 2.45) is 5.73 Å². The SMILES string of the molecule is CCC(CC)c1cccc(CCN)c1. The van der Waals surface area contributed by atoms with E-state index in [0.29, 0.717) is 5.92 Å². The van der Waals surface area contributed by atoms with Gasteiger partial charge in [0.15, 0.2) is 0 Å². The van der Waals surface area contributed by atoms with Crippen LogP contribution in [0.3, 0.4) is 0 Å². The van der Waals surface area contributed by atoms with Crippen LogP contribution in [0.5, 0.6) is 0 Å². The van der Waals surface area contributed by atoms with Gasteiger partial charge in [-0.15, -0.1) is 0 Å². The van der Waals surface area contributed by atoms with Gasteiger partial charge in [-0.05, 0) is 42.9 Å². The Balaban J connectivity index is 2.81. The van der Waals surface area contributed by atoms with E-state index in [1.165, 1.54) is 24.0 Å². The molecule has 0 aromatic heterocycles. The van der Waals surface area contributed by atoms with Crippen molar-refractivity contribution < 1.29 is 0 Å². The minimum absolute atomic E-state index is 0.715. The van der Waals surface area contributed by atoms with Crippen molar-refractivity contribution >= 4 is 0 Å². The zero-order valence-electron chi connectivity index (χ0n) is 9.29. The third-order valence-electron chi connectivity index (χ3n) is 2.84. The van der Waals surface area contributed by atoms with Crippen LogP contribution in [-0.2, 0) is 6.42 Å². The van der Waals surface area contributed by atoms with Gasteiger partial charge in [-0.25, -0.2) is 0 Å². The summed E-state index contributed by atoms with van der Waals surface area (Å²) in [4.78, 5) is 0. The first-order chi connectivity index (χ1) is 6.81. The third kappa shape index (κ3) is 2.85. The second kappa shape index (κ2) is 5.82. The van der Waals surface area contributed by atoms with E-state index < -0.39 is 0 Å². The molecule has 0 atom stereocenters. The van der Waals surface area contributed by atoms with Gasteiger partial charge in [-0.1, -0.05) is 38.1 Å². The number of nitrogens with two attached hydrogens (primary N) is 1. The predicted molar refractivity (Wildman–Crippen MR) is 62.5 cm³/mol. The summed E-state index contributed by atoms with van der Waals surface area (Å²) in [5, 5.41) is 0. The van der Waals surface area contributed by atoms with Gasteiger partial charge in [0.25, 0.3) is 0 Å². The normalized spacial score (nSPS) is 10.9. The number of hydrogen-bond acceptors (Lipinski definition) is 1. The molecule has 0 amide bonds. The summed E-state index contributed by atoms with van der Waals surface area (Å²) in [5.74, 6) is 0.715. The minimum atomic E-state index is 0.715. The molecule has 0 saturated carbocycles. The number of rotatable bonds is 5. The first kappa shape index (κ1) is 11.3. The molecule has 1 aromatic rings. The summed E-state index contributed by atoms with van der Waals surface area (Å²) in [6.07, 6.45) is 3.44. The maximum absolute atomic E-state index is 5.55. The first-order valence-corrected chi connectivity index (χ1v) is 5.60. The Labute approximate surface area is 87.3 Å². The summed E-state index contributed by atoms with van der Waals surface area (Å²) in [5.41, 5.74) is 8.40. The van der Waals surface area contributed by atoms with Crippen LogP contribution in [0.4, 0.5) is 0 Å². The molecule has 1 nitrogen and oxygen atoms in total. The van der Waals surface area contributed by atoms with Crippen molar-refractivity contribution in [3.8, 4) is 0 Å². The Bertz CT molecular complexity index is 264. The van der Waals surface area contributed by atoms with Crippen molar-refractivity contribution in [1.82, 2.24) is 0 Å². The standard InChI is InChI=1S/C13H21N/c1-3-12(4-2)13-7-5-6-11(10-13)8-9-14/h5-7,10,12H,3-4,8-9,14H2,1-2H3. The minimum Gasteiger partial charge on any atom is -0.330 e. The highest BCUT2D eigenvalue weighted by Crippen LogP contribution is 2.23. The van der Waals surface area contributed by atoms with Gasteiger partial charge in [-0.2, -0.15) is 0 Å². The fraction of sp³-hybridized carbons (Fsp3) is 0.538. The van der Waals surface area contributed by atoms with E-state index in [9.17, 15) is 0 Å². The maximum atomic E-state index is 5.55. The van der Waals surface area contributed by atoms with Crippen LogP contribution in [0.25, 0.3) is 0 Å². The lowest BCUT2D eigenvalue weighted by Crippen LogP contribution is -2.03. The zero-order chi connectivity index (χ0) is 10.4. The molecule has 0 heterocycles. The Hall–Kier alpha value is -0.820. The highest BCUT2D eigenvalue weighted by atomic mass is 14.5. The van der Waals surface area contributed by atoms with Gasteiger partial charge in [0.1, 0.15) is 0 Å². The first-order valence-electron chi connectivity index (χ1n) is 5.60. The van der Waals surface area contributed by atoms with E-state index in [1.54, 1.807) is 0 Å². The van der Waals surface area contributed by atoms with Gasteiger partial charge >= 0.3 is 0 Å². The van der Waals surface area contributed by atoms with Crippen LogP contribution in [0.15, 0.2) is 24.3 Å². The van der Waals surface area contributed by atoms with Crippen molar-refractivity contribution in [2.75, 3.05) is 6.54 Å². The summed E-state index contributed by atoms with van der Waals surface area (Å²) >= 11 is 0. The molecule has 0 saturated heterocycles. The van der Waals surface area contributed by atoms with E-state index in [-0.39, 0.29) is 0 Å². The maximum Gasteiger partial charge on any atom is -0.00367 e. The van der Waals surface area contributed by atoms with Crippen molar-refractivity contribution in [3.63, 3.8) is 0 Å². The number of benzene rings is 1. The molecule has 1 heteroatoms. The van der Waals surface area contributed by atoms with Crippen LogP contribution in [0.2, 0.25) is 0 Å². The molecule has 0 bridgehead atoms. The van der Waals surface area contributed by atoms with Crippen LogP contribution in [-0.4, -0.2) is 6.54 Å². The molecule has 0 radical (unpaired) electrons. The Morgan fingerprint density at radius 1 is 1.21 bits per heavy atom. The van der Waals surface area contributed by atoms with Crippen LogP contribution >= 0.6 is 0 Å². The lowest BCUT2D eigenvalue weighted by molar-refractivity contribution is 0.641. The van der Waals surface area contributed by atoms with Crippen molar-refractivity contribution in [3.05, 3.63) is 35.4 Å². The molecule has 78 valence electrons. The Kier molecular flexibility index (Phi) is 4.68. The molecule has 0 spiro atoms. The molecule has 0 unspecified atom stereocenters. The van der Waals surface area contributed by atoms with E-state index in [0.717, 1.165) is 13.0 Å². The van der Waals surface area contributed by atoms with Crippen molar-refractivity contribution in [1.29, 1.82) is 0 Å². The zero-order valence-corrected chi connectivity index (χ0v) is 9.29. The molecule has 1 rings (SSSR count).